The number of carbonyl (C=O) groups excluding carboxylic acids is 1. The molecule has 32 heavy (non-hydrogen) atoms. The summed E-state index contributed by atoms with van der Waals surface area (Å²) < 4.78 is 17.4. The van der Waals surface area contributed by atoms with Crippen LogP contribution in [0, 0.1) is 0 Å². The molecule has 0 aromatic heterocycles. The Morgan fingerprint density at radius 1 is 1.03 bits per heavy atom. The van der Waals surface area contributed by atoms with Gasteiger partial charge in [0.2, 0.25) is 0 Å². The summed E-state index contributed by atoms with van der Waals surface area (Å²) in [6.45, 7) is 14.8. The minimum absolute atomic E-state index is 0.00264. The molecule has 176 valence electrons. The minimum Gasteiger partial charge on any atom is -0.492 e. The predicted molar refractivity (Wildman–Crippen MR) is 133 cm³/mol. The smallest absolute Gasteiger partial charge is 0.309 e. The zero-order valence-corrected chi connectivity index (χ0v) is 21.6. The van der Waals surface area contributed by atoms with Gasteiger partial charge in [-0.3, -0.25) is 4.79 Å². The molecule has 1 N–H and O–H groups in total. The third kappa shape index (κ3) is 8.08. The minimum atomic E-state index is -1.92. The summed E-state index contributed by atoms with van der Waals surface area (Å²) in [5.74, 6) is 0.536. The van der Waals surface area contributed by atoms with Crippen LogP contribution < -0.4 is 10.1 Å². The molecule has 2 atom stereocenters. The van der Waals surface area contributed by atoms with Gasteiger partial charge in [-0.1, -0.05) is 63.2 Å². The first-order valence-corrected chi connectivity index (χ1v) is 14.2. The van der Waals surface area contributed by atoms with Gasteiger partial charge in [0.25, 0.3) is 0 Å². The van der Waals surface area contributed by atoms with E-state index in [1.54, 1.807) is 0 Å². The number of ether oxygens (including phenoxy) is 2. The molecule has 2 aromatic carbocycles. The molecule has 6 heteroatoms. The first-order valence-electron chi connectivity index (χ1n) is 11.3. The van der Waals surface area contributed by atoms with Crippen molar-refractivity contribution in [2.24, 2.45) is 0 Å². The van der Waals surface area contributed by atoms with E-state index >= 15 is 0 Å². The average Bonchev–Trinajstić information content (AvgIpc) is 2.75. The fourth-order valence-electron chi connectivity index (χ4n) is 2.96. The molecule has 2 rings (SSSR count). The van der Waals surface area contributed by atoms with Crippen molar-refractivity contribution in [2.45, 2.75) is 64.4 Å². The van der Waals surface area contributed by atoms with E-state index in [9.17, 15) is 4.79 Å². The van der Waals surface area contributed by atoms with Crippen molar-refractivity contribution in [3.8, 4) is 5.75 Å². The van der Waals surface area contributed by atoms with E-state index in [0.717, 1.165) is 17.9 Å². The third-order valence-electron chi connectivity index (χ3n) is 6.07. The summed E-state index contributed by atoms with van der Waals surface area (Å²) in [5, 5.41) is 3.73. The molecular weight excluding hydrogens is 418 g/mol. The second-order valence-electron chi connectivity index (χ2n) is 9.79. The van der Waals surface area contributed by atoms with E-state index in [2.05, 4.69) is 70.4 Å². The Bertz CT molecular complexity index is 831. The fourth-order valence-corrected chi connectivity index (χ4v) is 4.24. The number of benzene rings is 2. The molecule has 0 amide bonds. The number of esters is 1. The van der Waals surface area contributed by atoms with Gasteiger partial charge in [-0.25, -0.2) is 0 Å². The van der Waals surface area contributed by atoms with Crippen LogP contribution in [0.4, 0.5) is 0 Å². The van der Waals surface area contributed by atoms with Crippen LogP contribution in [0.2, 0.25) is 18.1 Å². The van der Waals surface area contributed by atoms with Gasteiger partial charge < -0.3 is 19.2 Å². The lowest BCUT2D eigenvalue weighted by molar-refractivity contribution is -0.139. The number of hydrogen-bond acceptors (Lipinski definition) is 5. The second-order valence-corrected chi connectivity index (χ2v) is 14.6. The van der Waals surface area contributed by atoms with Crippen LogP contribution in [0.5, 0.6) is 5.75 Å². The van der Waals surface area contributed by atoms with Crippen LogP contribution in [-0.4, -0.2) is 40.6 Å². The van der Waals surface area contributed by atoms with Crippen LogP contribution in [0.25, 0.3) is 0 Å². The van der Waals surface area contributed by atoms with E-state index in [4.69, 9.17) is 13.9 Å². The van der Waals surface area contributed by atoms with Crippen molar-refractivity contribution in [1.29, 1.82) is 0 Å². The molecule has 0 bridgehead atoms. The maximum Gasteiger partial charge on any atom is 0.309 e. The van der Waals surface area contributed by atoms with Crippen molar-refractivity contribution >= 4 is 14.3 Å². The largest absolute Gasteiger partial charge is 0.492 e. The Labute approximate surface area is 194 Å². The van der Waals surface area contributed by atoms with Gasteiger partial charge in [0.05, 0.1) is 19.6 Å². The molecule has 0 unspecified atom stereocenters. The molecule has 0 aliphatic carbocycles. The fraction of sp³-hybridized carbons (Fsp3) is 0.500. The summed E-state index contributed by atoms with van der Waals surface area (Å²) in [5.41, 5.74) is 2.10. The highest BCUT2D eigenvalue weighted by molar-refractivity contribution is 6.74. The average molecular weight is 458 g/mol. The van der Waals surface area contributed by atoms with E-state index in [-0.39, 0.29) is 29.6 Å². The summed E-state index contributed by atoms with van der Waals surface area (Å²) in [4.78, 5) is 11.4. The van der Waals surface area contributed by atoms with Gasteiger partial charge >= 0.3 is 5.97 Å². The topological polar surface area (TPSA) is 56.8 Å². The van der Waals surface area contributed by atoms with E-state index in [0.29, 0.717) is 6.61 Å². The lowest BCUT2D eigenvalue weighted by atomic mass is 10.1. The van der Waals surface area contributed by atoms with Crippen molar-refractivity contribution in [1.82, 2.24) is 5.32 Å². The molecule has 5 nitrogen and oxygen atoms in total. The quantitative estimate of drug-likeness (QED) is 0.355. The highest BCUT2D eigenvalue weighted by Crippen LogP contribution is 2.39. The molecule has 0 heterocycles. The molecular formula is C26H39NO4Si. The summed E-state index contributed by atoms with van der Waals surface area (Å²) in [6, 6.07) is 18.1. The maximum absolute atomic E-state index is 11.4. The SMILES string of the molecule is COC(=O)Cc1ccc(OC[C@@H](C)NC[C@@H](O[Si](C)(C)C(C)(C)C)c2ccccc2)cc1. The van der Waals surface area contributed by atoms with Crippen LogP contribution in [0.15, 0.2) is 54.6 Å². The number of nitrogens with one attached hydrogen (secondary N) is 1. The van der Waals surface area contributed by atoms with Crippen LogP contribution in [-0.2, 0) is 20.4 Å². The van der Waals surface area contributed by atoms with Crippen LogP contribution >= 0.6 is 0 Å². The van der Waals surface area contributed by atoms with Gasteiger partial charge in [-0.15, -0.1) is 0 Å². The Morgan fingerprint density at radius 2 is 1.66 bits per heavy atom. The zero-order chi connectivity index (χ0) is 23.8. The Hall–Kier alpha value is -2.15. The third-order valence-corrected chi connectivity index (χ3v) is 10.6. The zero-order valence-electron chi connectivity index (χ0n) is 20.6. The predicted octanol–water partition coefficient (Wildman–Crippen LogP) is 5.52. The standard InChI is InChI=1S/C26H39NO4Si/c1-20(19-30-23-15-13-21(14-16-23)17-25(28)29-5)27-18-24(22-11-9-8-10-12-22)31-32(6,7)26(2,3)4/h8-16,20,24,27H,17-19H2,1-7H3/t20-,24-/m1/s1. The van der Waals surface area contributed by atoms with Crippen molar-refractivity contribution < 1.29 is 18.7 Å². The first kappa shape index (κ1) is 26.1. The summed E-state index contributed by atoms with van der Waals surface area (Å²) >= 11 is 0. The van der Waals surface area contributed by atoms with Gasteiger partial charge in [-0.2, -0.15) is 0 Å². The van der Waals surface area contributed by atoms with Crippen molar-refractivity contribution in [3.05, 3.63) is 65.7 Å². The second kappa shape index (κ2) is 11.6. The highest BCUT2D eigenvalue weighted by atomic mass is 28.4. The molecule has 0 saturated heterocycles. The lowest BCUT2D eigenvalue weighted by Gasteiger charge is -2.39. The van der Waals surface area contributed by atoms with Gasteiger partial charge in [-0.05, 0) is 48.3 Å². The van der Waals surface area contributed by atoms with Crippen LogP contribution in [0.1, 0.15) is 44.9 Å². The monoisotopic (exact) mass is 457 g/mol. The summed E-state index contributed by atoms with van der Waals surface area (Å²) in [7, 11) is -0.521. The number of carbonyl (C=O) groups is 1. The number of hydrogen-bond donors (Lipinski definition) is 1. The number of methoxy groups -OCH3 is 1. The molecule has 0 aliphatic rings. The van der Waals surface area contributed by atoms with E-state index in [1.165, 1.54) is 12.7 Å². The Kier molecular flexibility index (Phi) is 9.49. The van der Waals surface area contributed by atoms with Crippen LogP contribution in [0.3, 0.4) is 0 Å². The lowest BCUT2D eigenvalue weighted by Crippen LogP contribution is -2.44. The highest BCUT2D eigenvalue weighted by Gasteiger charge is 2.39. The molecule has 0 fully saturated rings. The summed E-state index contributed by atoms with van der Waals surface area (Å²) in [6.07, 6.45) is 0.265. The van der Waals surface area contributed by atoms with E-state index in [1.807, 2.05) is 30.3 Å². The maximum atomic E-state index is 11.4. The van der Waals surface area contributed by atoms with Gasteiger partial charge in [0.15, 0.2) is 8.32 Å². The van der Waals surface area contributed by atoms with Crippen molar-refractivity contribution in [2.75, 3.05) is 20.3 Å². The molecule has 0 saturated carbocycles. The Balaban J connectivity index is 1.92. The van der Waals surface area contributed by atoms with Crippen molar-refractivity contribution in [3.63, 3.8) is 0 Å². The van der Waals surface area contributed by atoms with Gasteiger partial charge in [0, 0.05) is 12.6 Å². The molecule has 0 aliphatic heterocycles. The molecule has 0 spiro atoms. The molecule has 2 aromatic rings. The molecule has 0 radical (unpaired) electrons. The van der Waals surface area contributed by atoms with E-state index < -0.39 is 8.32 Å². The first-order chi connectivity index (χ1) is 15.0. The normalized spacial score (nSPS) is 14.0. The van der Waals surface area contributed by atoms with Gasteiger partial charge in [0.1, 0.15) is 12.4 Å². The number of rotatable bonds is 11. The Morgan fingerprint density at radius 3 is 2.22 bits per heavy atom.